The standard InChI is InChI=1S/C60H39NO/c1-3-15-52-43(10-1)12-8-18-54(52)47-13-7-14-51(39-47)61(50-35-30-45(31-36-50)56-19-9-21-59-60(56)57-17-5-6-20-58(57)62-59)49-33-28-41(29-34-49)40-22-24-42(25-23-40)46-32-37-55-48(38-46)27-26-44-11-2-4-16-53(44)55/h1-39H. The summed E-state index contributed by atoms with van der Waals surface area (Å²) < 4.78 is 6.25. The molecule has 290 valence electrons. The lowest BCUT2D eigenvalue weighted by Gasteiger charge is -2.26. The lowest BCUT2D eigenvalue weighted by Crippen LogP contribution is -2.10. The number of para-hydroxylation sites is 1. The topological polar surface area (TPSA) is 16.4 Å². The van der Waals surface area contributed by atoms with Crippen LogP contribution in [0.2, 0.25) is 0 Å². The Kier molecular flexibility index (Phi) is 8.53. The van der Waals surface area contributed by atoms with Crippen molar-refractivity contribution in [3.63, 3.8) is 0 Å². The predicted octanol–water partition coefficient (Wildman–Crippen LogP) is 17.2. The Bertz CT molecular complexity index is 3610. The molecular weight excluding hydrogens is 751 g/mol. The van der Waals surface area contributed by atoms with E-state index in [1.54, 1.807) is 0 Å². The highest BCUT2D eigenvalue weighted by atomic mass is 16.3. The summed E-state index contributed by atoms with van der Waals surface area (Å²) in [5.41, 5.74) is 14.5. The van der Waals surface area contributed by atoms with Crippen LogP contribution in [-0.2, 0) is 0 Å². The lowest BCUT2D eigenvalue weighted by molar-refractivity contribution is 0.669. The van der Waals surface area contributed by atoms with Crippen LogP contribution in [0.4, 0.5) is 17.1 Å². The highest BCUT2D eigenvalue weighted by molar-refractivity contribution is 6.12. The van der Waals surface area contributed by atoms with Gasteiger partial charge in [0, 0.05) is 27.8 Å². The van der Waals surface area contributed by atoms with Crippen molar-refractivity contribution in [3.8, 4) is 44.5 Å². The van der Waals surface area contributed by atoms with E-state index in [0.29, 0.717) is 0 Å². The quantitative estimate of drug-likeness (QED) is 0.150. The van der Waals surface area contributed by atoms with Crippen molar-refractivity contribution in [1.82, 2.24) is 0 Å². The molecule has 0 atom stereocenters. The maximum absolute atomic E-state index is 6.25. The van der Waals surface area contributed by atoms with Crippen LogP contribution in [0.3, 0.4) is 0 Å². The van der Waals surface area contributed by atoms with Crippen LogP contribution in [0.5, 0.6) is 0 Å². The Hall–Kier alpha value is -8.20. The molecule has 2 heteroatoms. The van der Waals surface area contributed by atoms with Gasteiger partial charge >= 0.3 is 0 Å². The molecule has 12 aromatic rings. The van der Waals surface area contributed by atoms with Crippen molar-refractivity contribution in [2.45, 2.75) is 0 Å². The highest BCUT2D eigenvalue weighted by Crippen LogP contribution is 2.42. The molecule has 0 saturated carbocycles. The number of furan rings is 1. The van der Waals surface area contributed by atoms with Crippen molar-refractivity contribution in [3.05, 3.63) is 237 Å². The van der Waals surface area contributed by atoms with E-state index in [2.05, 4.69) is 229 Å². The molecule has 0 radical (unpaired) electrons. The number of hydrogen-bond acceptors (Lipinski definition) is 2. The Morgan fingerprint density at radius 1 is 0.258 bits per heavy atom. The number of hydrogen-bond donors (Lipinski definition) is 0. The third-order valence-electron chi connectivity index (χ3n) is 12.5. The summed E-state index contributed by atoms with van der Waals surface area (Å²) >= 11 is 0. The molecule has 1 heterocycles. The van der Waals surface area contributed by atoms with E-state index < -0.39 is 0 Å². The first kappa shape index (κ1) is 35.7. The number of anilines is 3. The van der Waals surface area contributed by atoms with Gasteiger partial charge < -0.3 is 9.32 Å². The van der Waals surface area contributed by atoms with Crippen LogP contribution in [0.1, 0.15) is 0 Å². The SMILES string of the molecule is c1cc(-c2cccc3ccccc23)cc(N(c2ccc(-c3ccc(-c4ccc5c(ccc6ccccc65)c4)cc3)cc2)c2ccc(-c3cccc4oc5ccccc5c34)cc2)c1. The van der Waals surface area contributed by atoms with E-state index in [9.17, 15) is 0 Å². The molecule has 1 aromatic heterocycles. The van der Waals surface area contributed by atoms with Crippen LogP contribution >= 0.6 is 0 Å². The molecule has 62 heavy (non-hydrogen) atoms. The van der Waals surface area contributed by atoms with Gasteiger partial charge in [-0.15, -0.1) is 0 Å². The Labute approximate surface area is 360 Å². The molecule has 12 rings (SSSR count). The minimum absolute atomic E-state index is 0.900. The highest BCUT2D eigenvalue weighted by Gasteiger charge is 2.17. The predicted molar refractivity (Wildman–Crippen MR) is 263 cm³/mol. The molecule has 0 N–H and O–H groups in total. The average Bonchev–Trinajstić information content (AvgIpc) is 3.73. The van der Waals surface area contributed by atoms with Crippen LogP contribution in [0.25, 0.3) is 98.8 Å². The second-order valence-corrected chi connectivity index (χ2v) is 16.1. The van der Waals surface area contributed by atoms with Gasteiger partial charge in [-0.05, 0) is 131 Å². The first-order valence-corrected chi connectivity index (χ1v) is 21.2. The van der Waals surface area contributed by atoms with Gasteiger partial charge in [0.1, 0.15) is 11.2 Å². The Morgan fingerprint density at radius 2 is 0.774 bits per heavy atom. The largest absolute Gasteiger partial charge is 0.456 e. The van der Waals surface area contributed by atoms with Gasteiger partial charge in [-0.1, -0.05) is 182 Å². The van der Waals surface area contributed by atoms with Crippen LogP contribution < -0.4 is 4.90 Å². The molecule has 11 aromatic carbocycles. The third kappa shape index (κ3) is 6.20. The van der Waals surface area contributed by atoms with Gasteiger partial charge in [-0.25, -0.2) is 0 Å². The third-order valence-corrected chi connectivity index (χ3v) is 12.5. The summed E-state index contributed by atoms with van der Waals surface area (Å²) in [7, 11) is 0. The zero-order valence-electron chi connectivity index (χ0n) is 33.9. The van der Waals surface area contributed by atoms with Crippen molar-refractivity contribution >= 4 is 71.3 Å². The van der Waals surface area contributed by atoms with Gasteiger partial charge in [0.05, 0.1) is 0 Å². The first-order chi connectivity index (χ1) is 30.7. The van der Waals surface area contributed by atoms with E-state index in [1.165, 1.54) is 65.7 Å². The summed E-state index contributed by atoms with van der Waals surface area (Å²) in [6.07, 6.45) is 0. The molecule has 0 amide bonds. The van der Waals surface area contributed by atoms with Gasteiger partial charge in [0.2, 0.25) is 0 Å². The molecule has 0 unspecified atom stereocenters. The van der Waals surface area contributed by atoms with Crippen LogP contribution in [-0.4, -0.2) is 0 Å². The van der Waals surface area contributed by atoms with Gasteiger partial charge in [0.25, 0.3) is 0 Å². The van der Waals surface area contributed by atoms with E-state index in [4.69, 9.17) is 4.42 Å². The second-order valence-electron chi connectivity index (χ2n) is 16.1. The fraction of sp³-hybridized carbons (Fsp3) is 0. The van der Waals surface area contributed by atoms with E-state index in [-0.39, 0.29) is 0 Å². The molecule has 0 aliphatic carbocycles. The van der Waals surface area contributed by atoms with Crippen molar-refractivity contribution < 1.29 is 4.42 Å². The smallest absolute Gasteiger partial charge is 0.136 e. The molecule has 0 aliphatic rings. The minimum Gasteiger partial charge on any atom is -0.456 e. The van der Waals surface area contributed by atoms with Crippen molar-refractivity contribution in [2.24, 2.45) is 0 Å². The summed E-state index contributed by atoms with van der Waals surface area (Å²) in [5.74, 6) is 0. The number of nitrogens with zero attached hydrogens (tertiary/aromatic N) is 1. The maximum Gasteiger partial charge on any atom is 0.136 e. The maximum atomic E-state index is 6.25. The summed E-state index contributed by atoms with van der Waals surface area (Å²) in [6, 6.07) is 85.5. The molecule has 0 fully saturated rings. The second kappa shape index (κ2) is 14.8. The zero-order valence-corrected chi connectivity index (χ0v) is 33.9. The fourth-order valence-corrected chi connectivity index (χ4v) is 9.39. The van der Waals surface area contributed by atoms with Crippen molar-refractivity contribution in [1.29, 1.82) is 0 Å². The van der Waals surface area contributed by atoms with Gasteiger partial charge in [0.15, 0.2) is 0 Å². The van der Waals surface area contributed by atoms with Crippen molar-refractivity contribution in [2.75, 3.05) is 4.90 Å². The normalized spacial score (nSPS) is 11.5. The minimum atomic E-state index is 0.900. The van der Waals surface area contributed by atoms with Crippen LogP contribution in [0.15, 0.2) is 241 Å². The summed E-state index contributed by atoms with van der Waals surface area (Å²) in [4.78, 5) is 2.36. The number of fused-ring (bicyclic) bond motifs is 7. The lowest BCUT2D eigenvalue weighted by atomic mass is 9.96. The summed E-state index contributed by atoms with van der Waals surface area (Å²) in [5, 5.41) is 9.86. The van der Waals surface area contributed by atoms with E-state index >= 15 is 0 Å². The first-order valence-electron chi connectivity index (χ1n) is 21.2. The number of rotatable bonds is 7. The van der Waals surface area contributed by atoms with Gasteiger partial charge in [-0.2, -0.15) is 0 Å². The molecule has 0 saturated heterocycles. The molecule has 2 nitrogen and oxygen atoms in total. The molecule has 0 bridgehead atoms. The molecule has 0 spiro atoms. The van der Waals surface area contributed by atoms with Crippen LogP contribution in [0, 0.1) is 0 Å². The summed E-state index contributed by atoms with van der Waals surface area (Å²) in [6.45, 7) is 0. The average molecular weight is 790 g/mol. The van der Waals surface area contributed by atoms with E-state index in [1.807, 2.05) is 12.1 Å². The molecule has 0 aliphatic heterocycles. The monoisotopic (exact) mass is 789 g/mol. The van der Waals surface area contributed by atoms with E-state index in [0.717, 1.165) is 50.1 Å². The zero-order chi connectivity index (χ0) is 41.0. The fourth-order valence-electron chi connectivity index (χ4n) is 9.39. The van der Waals surface area contributed by atoms with Gasteiger partial charge in [-0.3, -0.25) is 0 Å². The number of benzene rings is 11. The molecular formula is C60H39NO. The Balaban J connectivity index is 0.907. The Morgan fingerprint density at radius 3 is 1.55 bits per heavy atom.